The van der Waals surface area contributed by atoms with Crippen LogP contribution in [-0.4, -0.2) is 73.3 Å². The van der Waals surface area contributed by atoms with Crippen LogP contribution < -0.4 is 10.5 Å². The van der Waals surface area contributed by atoms with Gasteiger partial charge in [0.25, 0.3) is 5.91 Å². The van der Waals surface area contributed by atoms with Crippen molar-refractivity contribution in [2.24, 2.45) is 5.41 Å². The zero-order valence-corrected chi connectivity index (χ0v) is 25.0. The number of ether oxygens (including phenoxy) is 1. The number of anilines is 1. The fourth-order valence-electron chi connectivity index (χ4n) is 6.33. The first-order valence-electron chi connectivity index (χ1n) is 14.1. The Morgan fingerprint density at radius 1 is 1.17 bits per heavy atom. The number of nitrogen functional groups attached to an aromatic ring is 1. The molecule has 0 bridgehead atoms. The number of carbonyl (C=O) groups is 1. The summed E-state index contributed by atoms with van der Waals surface area (Å²) in [5.74, 6) is 0.310. The van der Waals surface area contributed by atoms with Crippen LogP contribution in [0.2, 0.25) is 0 Å². The van der Waals surface area contributed by atoms with Gasteiger partial charge < -0.3 is 24.8 Å². The maximum absolute atomic E-state index is 13.9. The predicted molar refractivity (Wildman–Crippen MR) is 162 cm³/mol. The molecule has 2 heterocycles. The summed E-state index contributed by atoms with van der Waals surface area (Å²) in [7, 11) is 2.15. The van der Waals surface area contributed by atoms with E-state index >= 15 is 0 Å². The highest BCUT2D eigenvalue weighted by Crippen LogP contribution is 2.51. The molecule has 1 spiro atoms. The van der Waals surface area contributed by atoms with Crippen molar-refractivity contribution in [1.82, 2.24) is 19.8 Å². The molecule has 1 saturated carbocycles. The largest absolute Gasteiger partial charge is 0.473 e. The van der Waals surface area contributed by atoms with Crippen LogP contribution in [-0.2, 0) is 11.1 Å². The number of nitrogens with two attached hydrogens (primary N) is 1. The van der Waals surface area contributed by atoms with E-state index in [9.17, 15) is 13.6 Å². The molecule has 2 atom stereocenters. The standard InChI is InChI=1S/C31H39N5O4S.H2/c1-20-7-5-8-21(2)28(20)26-16-27(34-30(32)33-26)40-22(3)19-36(24-17-31(18-24)11-13-35(4)14-12-31)29(37)23-9-6-10-25(15-23)41(38)39;/h5-10,15-16,22,24H,11-14,17-19H2,1-4H3,(H,38,39)(H2,32,33,34);1H/t22-;/m1./s1. The van der Waals surface area contributed by atoms with Crippen LogP contribution in [0.5, 0.6) is 5.88 Å². The lowest BCUT2D eigenvalue weighted by molar-refractivity contribution is -0.0377. The Labute approximate surface area is 245 Å². The second kappa shape index (κ2) is 11.9. The van der Waals surface area contributed by atoms with Crippen LogP contribution in [0.4, 0.5) is 5.95 Å². The number of carbonyl (C=O) groups excluding carboxylic acids is 1. The van der Waals surface area contributed by atoms with Gasteiger partial charge in [0.2, 0.25) is 11.8 Å². The molecule has 1 aliphatic heterocycles. The number of aromatic nitrogens is 2. The second-order valence-corrected chi connectivity index (χ2v) is 12.7. The predicted octanol–water partition coefficient (Wildman–Crippen LogP) is 4.95. The molecule has 2 aliphatic rings. The lowest BCUT2D eigenvalue weighted by Gasteiger charge is -2.55. The maximum Gasteiger partial charge on any atom is 0.254 e. The summed E-state index contributed by atoms with van der Waals surface area (Å²) in [5.41, 5.74) is 10.6. The third-order valence-corrected chi connectivity index (χ3v) is 9.26. The fraction of sp³-hybridized carbons (Fsp3) is 0.452. The Balaban J connectivity index is 0.00000405. The van der Waals surface area contributed by atoms with Crippen LogP contribution in [0.3, 0.4) is 0 Å². The average molecular weight is 580 g/mol. The number of benzene rings is 2. The highest BCUT2D eigenvalue weighted by atomic mass is 32.2. The topological polar surface area (TPSA) is 122 Å². The molecule has 1 unspecified atom stereocenters. The van der Waals surface area contributed by atoms with Gasteiger partial charge in [-0.15, -0.1) is 0 Å². The van der Waals surface area contributed by atoms with Crippen LogP contribution >= 0.6 is 0 Å². The summed E-state index contributed by atoms with van der Waals surface area (Å²) < 4.78 is 27.6. The van der Waals surface area contributed by atoms with E-state index in [2.05, 4.69) is 21.9 Å². The Morgan fingerprint density at radius 2 is 1.83 bits per heavy atom. The molecule has 1 saturated heterocycles. The third-order valence-electron chi connectivity index (χ3n) is 8.60. The highest BCUT2D eigenvalue weighted by molar-refractivity contribution is 7.79. The third kappa shape index (κ3) is 6.45. The first-order valence-corrected chi connectivity index (χ1v) is 15.2. The highest BCUT2D eigenvalue weighted by Gasteiger charge is 2.48. The van der Waals surface area contributed by atoms with Crippen molar-refractivity contribution in [2.75, 3.05) is 32.4 Å². The van der Waals surface area contributed by atoms with Gasteiger partial charge in [-0.1, -0.05) is 24.3 Å². The monoisotopic (exact) mass is 579 g/mol. The summed E-state index contributed by atoms with van der Waals surface area (Å²) in [5, 5.41) is 0. The molecule has 0 radical (unpaired) electrons. The molecule has 1 aliphatic carbocycles. The lowest BCUT2D eigenvalue weighted by Crippen LogP contribution is -2.57. The Bertz CT molecular complexity index is 1430. The number of hydrogen-bond acceptors (Lipinski definition) is 7. The van der Waals surface area contributed by atoms with Crippen molar-refractivity contribution < 1.29 is 19.7 Å². The SMILES string of the molecule is Cc1cccc(C)c1-c1cc(O[C@H](C)CN(C(=O)c2cccc(S(=O)O)c2)C2CC3(CCN(C)CC3)C2)nc(N)n1.[HH]. The van der Waals surface area contributed by atoms with Crippen molar-refractivity contribution in [1.29, 1.82) is 0 Å². The summed E-state index contributed by atoms with van der Waals surface area (Å²) in [6.45, 7) is 8.47. The second-order valence-electron chi connectivity index (χ2n) is 11.7. The number of likely N-dealkylation sites (tertiary alicyclic amines) is 1. The zero-order chi connectivity index (χ0) is 29.3. The van der Waals surface area contributed by atoms with E-state index < -0.39 is 11.1 Å². The van der Waals surface area contributed by atoms with E-state index in [0.29, 0.717) is 23.7 Å². The average Bonchev–Trinajstić information content (AvgIpc) is 2.90. The number of amides is 1. The molecule has 3 N–H and O–H groups in total. The van der Waals surface area contributed by atoms with Gasteiger partial charge >= 0.3 is 0 Å². The summed E-state index contributed by atoms with van der Waals surface area (Å²) in [6.07, 6.45) is 3.77. The van der Waals surface area contributed by atoms with Gasteiger partial charge in [0.15, 0.2) is 11.1 Å². The van der Waals surface area contributed by atoms with Gasteiger partial charge in [-0.3, -0.25) is 4.79 Å². The van der Waals surface area contributed by atoms with Crippen LogP contribution in [0.25, 0.3) is 11.3 Å². The van der Waals surface area contributed by atoms with Crippen molar-refractivity contribution in [3.8, 4) is 17.1 Å². The van der Waals surface area contributed by atoms with E-state index in [1.807, 2.05) is 43.9 Å². The normalized spacial score (nSPS) is 18.5. The molecule has 2 fully saturated rings. The van der Waals surface area contributed by atoms with Crippen LogP contribution in [0, 0.1) is 19.3 Å². The van der Waals surface area contributed by atoms with Gasteiger partial charge in [0.1, 0.15) is 6.10 Å². The lowest BCUT2D eigenvalue weighted by atomic mass is 9.60. The molecule has 3 aromatic rings. The first kappa shape index (κ1) is 29.2. The van der Waals surface area contributed by atoms with Gasteiger partial charge in [-0.2, -0.15) is 4.98 Å². The van der Waals surface area contributed by atoms with E-state index in [-0.39, 0.29) is 35.7 Å². The number of rotatable bonds is 8. The van der Waals surface area contributed by atoms with Gasteiger partial charge in [-0.25, -0.2) is 9.19 Å². The summed E-state index contributed by atoms with van der Waals surface area (Å²) in [6, 6.07) is 14.3. The Kier molecular flexibility index (Phi) is 8.45. The van der Waals surface area contributed by atoms with Crippen LogP contribution in [0.1, 0.15) is 55.5 Å². The minimum atomic E-state index is -2.17. The van der Waals surface area contributed by atoms with Gasteiger partial charge in [0.05, 0.1) is 17.1 Å². The van der Waals surface area contributed by atoms with E-state index in [1.54, 1.807) is 24.3 Å². The Hall–Kier alpha value is -3.34. The van der Waals surface area contributed by atoms with Crippen molar-refractivity contribution in [2.45, 2.75) is 63.5 Å². The zero-order valence-electron chi connectivity index (χ0n) is 24.2. The molecule has 220 valence electrons. The molecule has 2 aromatic carbocycles. The molecule has 1 amide bonds. The van der Waals surface area contributed by atoms with Crippen molar-refractivity contribution >= 4 is 22.9 Å². The summed E-state index contributed by atoms with van der Waals surface area (Å²) >= 11 is -2.17. The number of nitrogens with zero attached hydrogens (tertiary/aromatic N) is 4. The minimum absolute atomic E-state index is 0. The molecule has 41 heavy (non-hydrogen) atoms. The fourth-order valence-corrected chi connectivity index (χ4v) is 6.76. The van der Waals surface area contributed by atoms with Crippen molar-refractivity contribution in [3.63, 3.8) is 0 Å². The molecule has 5 rings (SSSR count). The van der Waals surface area contributed by atoms with Crippen molar-refractivity contribution in [3.05, 3.63) is 65.2 Å². The molecule has 9 nitrogen and oxygen atoms in total. The number of hydrogen-bond donors (Lipinski definition) is 2. The Morgan fingerprint density at radius 3 is 2.49 bits per heavy atom. The molecule has 1 aromatic heterocycles. The number of aryl methyl sites for hydroxylation is 2. The molecular formula is C31H41N5O4S. The first-order chi connectivity index (χ1) is 19.5. The number of piperidine rings is 1. The van der Waals surface area contributed by atoms with E-state index in [4.69, 9.17) is 10.5 Å². The maximum atomic E-state index is 13.9. The van der Waals surface area contributed by atoms with Crippen LogP contribution in [0.15, 0.2) is 53.4 Å². The molecule has 10 heteroatoms. The quantitative estimate of drug-likeness (QED) is 0.360. The van der Waals surface area contributed by atoms with E-state index in [1.165, 1.54) is 6.07 Å². The van der Waals surface area contributed by atoms with Gasteiger partial charge in [0, 0.05) is 24.7 Å². The molecular weight excluding hydrogens is 538 g/mol. The van der Waals surface area contributed by atoms with Gasteiger partial charge in [-0.05, 0) is 101 Å². The minimum Gasteiger partial charge on any atom is -0.473 e. The van der Waals surface area contributed by atoms with E-state index in [0.717, 1.165) is 55.5 Å². The summed E-state index contributed by atoms with van der Waals surface area (Å²) in [4.78, 5) is 27.1. The smallest absolute Gasteiger partial charge is 0.254 e.